The molecule has 1 aromatic rings. The number of ether oxygens (including phenoxy) is 1. The smallest absolute Gasteiger partial charge is 0.308 e. The first-order chi connectivity index (χ1) is 6.00. The van der Waals surface area contributed by atoms with Crippen LogP contribution < -0.4 is 10.5 Å². The van der Waals surface area contributed by atoms with Crippen molar-refractivity contribution in [3.63, 3.8) is 0 Å². The summed E-state index contributed by atoms with van der Waals surface area (Å²) in [6.45, 7) is 5.11. The number of nitrogens with two attached hydrogens (primary N) is 1. The summed E-state index contributed by atoms with van der Waals surface area (Å²) >= 11 is 0. The number of carbonyl (C=O) groups excluding carboxylic acids is 1. The molecule has 0 fully saturated rings. The summed E-state index contributed by atoms with van der Waals surface area (Å²) in [5.74, 6) is 0.270. The van der Waals surface area contributed by atoms with Gasteiger partial charge in [-0.25, -0.2) is 0 Å². The van der Waals surface area contributed by atoms with E-state index >= 15 is 0 Å². The summed E-state index contributed by atoms with van der Waals surface area (Å²) in [5.41, 5.74) is 8.19. The predicted octanol–water partition coefficient (Wildman–Crippen LogP) is 1.81. The Kier molecular flexibility index (Phi) is 2.56. The van der Waals surface area contributed by atoms with Crippen molar-refractivity contribution in [1.29, 1.82) is 0 Å². The molecule has 1 aromatic carbocycles. The number of anilines is 1. The zero-order valence-corrected chi connectivity index (χ0v) is 8.05. The van der Waals surface area contributed by atoms with Crippen LogP contribution in [0.1, 0.15) is 18.1 Å². The van der Waals surface area contributed by atoms with Crippen LogP contribution in [-0.4, -0.2) is 5.97 Å². The highest BCUT2D eigenvalue weighted by molar-refractivity contribution is 5.70. The summed E-state index contributed by atoms with van der Waals surface area (Å²) in [7, 11) is 0. The zero-order chi connectivity index (χ0) is 10.0. The van der Waals surface area contributed by atoms with Crippen molar-refractivity contribution in [2.75, 3.05) is 5.73 Å². The minimum atomic E-state index is -0.313. The number of esters is 1. The van der Waals surface area contributed by atoms with Crippen molar-refractivity contribution >= 4 is 11.7 Å². The standard InChI is InChI=1S/C10H13NO2/c1-6-5-10(13-8(3)12)7(2)4-9(6)11/h4-5H,11H2,1-3H3. The SMILES string of the molecule is CC(=O)Oc1cc(C)c(N)cc1C. The van der Waals surface area contributed by atoms with E-state index in [1.165, 1.54) is 6.92 Å². The van der Waals surface area contributed by atoms with Gasteiger partial charge in [0, 0.05) is 12.6 Å². The fraction of sp³-hybridized carbons (Fsp3) is 0.300. The van der Waals surface area contributed by atoms with E-state index in [4.69, 9.17) is 10.5 Å². The lowest BCUT2D eigenvalue weighted by Gasteiger charge is -2.08. The Labute approximate surface area is 77.5 Å². The predicted molar refractivity (Wildman–Crippen MR) is 51.6 cm³/mol. The molecule has 0 aliphatic rings. The molecule has 3 heteroatoms. The van der Waals surface area contributed by atoms with E-state index in [1.54, 1.807) is 12.1 Å². The molecule has 0 spiro atoms. The van der Waals surface area contributed by atoms with E-state index < -0.39 is 0 Å². The van der Waals surface area contributed by atoms with Crippen LogP contribution in [-0.2, 0) is 4.79 Å². The molecule has 0 aliphatic carbocycles. The molecular formula is C10H13NO2. The van der Waals surface area contributed by atoms with Crippen LogP contribution in [0.25, 0.3) is 0 Å². The lowest BCUT2D eigenvalue weighted by molar-refractivity contribution is -0.131. The third-order valence-electron chi connectivity index (χ3n) is 1.82. The quantitative estimate of drug-likeness (QED) is 0.406. The Morgan fingerprint density at radius 2 is 1.92 bits per heavy atom. The van der Waals surface area contributed by atoms with Gasteiger partial charge in [0.05, 0.1) is 0 Å². The second-order valence-electron chi connectivity index (χ2n) is 3.07. The van der Waals surface area contributed by atoms with Gasteiger partial charge in [0.2, 0.25) is 0 Å². The van der Waals surface area contributed by atoms with Gasteiger partial charge in [-0.3, -0.25) is 4.79 Å². The van der Waals surface area contributed by atoms with Crippen molar-refractivity contribution in [2.45, 2.75) is 20.8 Å². The molecule has 70 valence electrons. The number of aryl methyl sites for hydroxylation is 2. The average Bonchev–Trinajstić information content (AvgIpc) is 1.99. The second-order valence-corrected chi connectivity index (χ2v) is 3.07. The molecule has 0 unspecified atom stereocenters. The van der Waals surface area contributed by atoms with Crippen LogP contribution in [0.3, 0.4) is 0 Å². The minimum Gasteiger partial charge on any atom is -0.426 e. The summed E-state index contributed by atoms with van der Waals surface area (Å²) in [6.07, 6.45) is 0. The van der Waals surface area contributed by atoms with Gasteiger partial charge < -0.3 is 10.5 Å². The Hall–Kier alpha value is -1.51. The molecule has 1 rings (SSSR count). The maximum atomic E-state index is 10.7. The van der Waals surface area contributed by atoms with Crippen LogP contribution in [0.2, 0.25) is 0 Å². The van der Waals surface area contributed by atoms with E-state index in [2.05, 4.69) is 0 Å². The fourth-order valence-corrected chi connectivity index (χ4v) is 1.08. The van der Waals surface area contributed by atoms with Gasteiger partial charge in [0.25, 0.3) is 0 Å². The number of nitrogen functional groups attached to an aromatic ring is 1. The molecule has 0 radical (unpaired) electrons. The number of hydrogen-bond donors (Lipinski definition) is 1. The number of benzene rings is 1. The maximum absolute atomic E-state index is 10.7. The molecule has 3 nitrogen and oxygen atoms in total. The molecule has 0 bridgehead atoms. The molecular weight excluding hydrogens is 166 g/mol. The molecule has 0 saturated heterocycles. The van der Waals surface area contributed by atoms with Crippen molar-refractivity contribution in [3.05, 3.63) is 23.3 Å². The van der Waals surface area contributed by atoms with Crippen molar-refractivity contribution in [2.24, 2.45) is 0 Å². The maximum Gasteiger partial charge on any atom is 0.308 e. The van der Waals surface area contributed by atoms with Crippen LogP contribution in [0.15, 0.2) is 12.1 Å². The lowest BCUT2D eigenvalue weighted by atomic mass is 10.1. The number of rotatable bonds is 1. The van der Waals surface area contributed by atoms with E-state index in [0.29, 0.717) is 11.4 Å². The molecule has 0 aromatic heterocycles. The van der Waals surface area contributed by atoms with E-state index in [9.17, 15) is 4.79 Å². The average molecular weight is 179 g/mol. The summed E-state index contributed by atoms with van der Waals surface area (Å²) < 4.78 is 4.99. The van der Waals surface area contributed by atoms with Crippen molar-refractivity contribution < 1.29 is 9.53 Å². The molecule has 0 atom stereocenters. The zero-order valence-electron chi connectivity index (χ0n) is 8.05. The monoisotopic (exact) mass is 179 g/mol. The lowest BCUT2D eigenvalue weighted by Crippen LogP contribution is -2.03. The van der Waals surface area contributed by atoms with E-state index in [1.807, 2.05) is 13.8 Å². The fourth-order valence-electron chi connectivity index (χ4n) is 1.08. The first kappa shape index (κ1) is 9.58. The first-order valence-electron chi connectivity index (χ1n) is 4.06. The first-order valence-corrected chi connectivity index (χ1v) is 4.06. The second kappa shape index (κ2) is 3.47. The van der Waals surface area contributed by atoms with Crippen molar-refractivity contribution in [1.82, 2.24) is 0 Å². The van der Waals surface area contributed by atoms with Crippen LogP contribution in [0, 0.1) is 13.8 Å². The number of hydrogen-bond acceptors (Lipinski definition) is 3. The van der Waals surface area contributed by atoms with Gasteiger partial charge in [0.1, 0.15) is 5.75 Å². The highest BCUT2D eigenvalue weighted by atomic mass is 16.5. The third-order valence-corrected chi connectivity index (χ3v) is 1.82. The van der Waals surface area contributed by atoms with Crippen LogP contribution >= 0.6 is 0 Å². The van der Waals surface area contributed by atoms with Gasteiger partial charge >= 0.3 is 5.97 Å². The van der Waals surface area contributed by atoms with Crippen LogP contribution in [0.4, 0.5) is 5.69 Å². The Balaban J connectivity index is 3.08. The van der Waals surface area contributed by atoms with Gasteiger partial charge in [-0.2, -0.15) is 0 Å². The van der Waals surface area contributed by atoms with Gasteiger partial charge in [-0.05, 0) is 37.1 Å². The molecule has 0 saturated carbocycles. The molecule has 0 amide bonds. The Morgan fingerprint density at radius 1 is 1.31 bits per heavy atom. The molecule has 2 N–H and O–H groups in total. The highest BCUT2D eigenvalue weighted by Crippen LogP contribution is 2.24. The van der Waals surface area contributed by atoms with E-state index in [0.717, 1.165) is 11.1 Å². The molecule has 0 heterocycles. The third kappa shape index (κ3) is 2.21. The molecule has 13 heavy (non-hydrogen) atoms. The Bertz CT molecular complexity index is 345. The van der Waals surface area contributed by atoms with Gasteiger partial charge in [-0.15, -0.1) is 0 Å². The van der Waals surface area contributed by atoms with E-state index in [-0.39, 0.29) is 5.97 Å². The largest absolute Gasteiger partial charge is 0.426 e. The summed E-state index contributed by atoms with van der Waals surface area (Å²) in [4.78, 5) is 10.7. The van der Waals surface area contributed by atoms with Crippen molar-refractivity contribution in [3.8, 4) is 5.75 Å². The van der Waals surface area contributed by atoms with Gasteiger partial charge in [0.15, 0.2) is 0 Å². The van der Waals surface area contributed by atoms with Crippen LogP contribution in [0.5, 0.6) is 5.75 Å². The minimum absolute atomic E-state index is 0.313. The Morgan fingerprint density at radius 3 is 2.46 bits per heavy atom. The summed E-state index contributed by atoms with van der Waals surface area (Å²) in [6, 6.07) is 3.57. The van der Waals surface area contributed by atoms with Gasteiger partial charge in [-0.1, -0.05) is 0 Å². The number of carbonyl (C=O) groups is 1. The topological polar surface area (TPSA) is 52.3 Å². The normalized spacial score (nSPS) is 9.77. The highest BCUT2D eigenvalue weighted by Gasteiger charge is 2.04. The summed E-state index contributed by atoms with van der Waals surface area (Å²) in [5, 5.41) is 0. The molecule has 0 aliphatic heterocycles.